The molecule has 0 saturated carbocycles. The van der Waals surface area contributed by atoms with Crippen molar-refractivity contribution in [3.63, 3.8) is 0 Å². The summed E-state index contributed by atoms with van der Waals surface area (Å²) in [5.74, 6) is 9.34. The van der Waals surface area contributed by atoms with Crippen LogP contribution in [0.3, 0.4) is 0 Å². The number of nitrogens with zero attached hydrogens (tertiary/aromatic N) is 3. The van der Waals surface area contributed by atoms with Gasteiger partial charge in [0, 0.05) is 53.6 Å². The molecule has 0 radical (unpaired) electrons. The minimum Gasteiger partial charge on any atom is -0.480 e. The molecule has 0 bridgehead atoms. The van der Waals surface area contributed by atoms with E-state index in [9.17, 15) is 14.4 Å². The molecule has 0 aliphatic heterocycles. The molecule has 204 valence electrons. The number of carboxylic acids is 1. The molecule has 0 saturated heterocycles. The fraction of sp³-hybridized carbons (Fsp3) is 0.107. The summed E-state index contributed by atoms with van der Waals surface area (Å²) < 4.78 is 0. The molecular formula is C28H24Cl2N6O4. The number of benzene rings is 2. The lowest BCUT2D eigenvalue weighted by molar-refractivity contribution is -0.138. The van der Waals surface area contributed by atoms with Crippen molar-refractivity contribution < 1.29 is 19.5 Å². The maximum absolute atomic E-state index is 12.6. The van der Waals surface area contributed by atoms with Crippen molar-refractivity contribution in [1.82, 2.24) is 20.3 Å². The first kappa shape index (κ1) is 30.0. The summed E-state index contributed by atoms with van der Waals surface area (Å²) in [4.78, 5) is 45.8. The summed E-state index contributed by atoms with van der Waals surface area (Å²) >= 11 is 6.36. The number of aliphatic carboxylic acids is 1. The van der Waals surface area contributed by atoms with Gasteiger partial charge in [-0.2, -0.15) is 0 Å². The fourth-order valence-electron chi connectivity index (χ4n) is 3.77. The average Bonchev–Trinajstić information content (AvgIpc) is 2.95. The number of halogens is 2. The molecule has 2 heterocycles. The van der Waals surface area contributed by atoms with Crippen LogP contribution >= 0.6 is 24.0 Å². The number of carbonyl (C=O) groups excluding carboxylic acids is 2. The highest BCUT2D eigenvalue weighted by molar-refractivity contribution is 6.32. The van der Waals surface area contributed by atoms with Crippen molar-refractivity contribution >= 4 is 52.7 Å². The SMILES string of the molecule is CN(CC(N)C(=O)O)C(=O)c1ccc(C#Cc2ccc(-c3cc(C(=O)NN)c4cnccc4n3)cc2)c(Cl)c1.Cl. The number of nitrogens with one attached hydrogen (secondary N) is 1. The number of pyridine rings is 2. The van der Waals surface area contributed by atoms with Crippen LogP contribution in [-0.4, -0.2) is 57.4 Å². The Balaban J connectivity index is 0.00000441. The van der Waals surface area contributed by atoms with Crippen LogP contribution in [0.25, 0.3) is 22.2 Å². The van der Waals surface area contributed by atoms with E-state index >= 15 is 0 Å². The Hall–Kier alpha value is -4.53. The molecule has 40 heavy (non-hydrogen) atoms. The minimum absolute atomic E-state index is 0. The number of hydrazine groups is 1. The lowest BCUT2D eigenvalue weighted by Gasteiger charge is -2.19. The van der Waals surface area contributed by atoms with E-state index in [1.54, 1.807) is 36.7 Å². The van der Waals surface area contributed by atoms with Gasteiger partial charge in [-0.3, -0.25) is 24.8 Å². The third-order valence-corrected chi connectivity index (χ3v) is 6.17. The third-order valence-electron chi connectivity index (χ3n) is 5.86. The Labute approximate surface area is 240 Å². The summed E-state index contributed by atoms with van der Waals surface area (Å²) in [5.41, 5.74) is 11.5. The predicted molar refractivity (Wildman–Crippen MR) is 154 cm³/mol. The van der Waals surface area contributed by atoms with E-state index in [2.05, 4.69) is 27.2 Å². The Morgan fingerprint density at radius 3 is 2.48 bits per heavy atom. The highest BCUT2D eigenvalue weighted by Gasteiger charge is 2.19. The van der Waals surface area contributed by atoms with Crippen LogP contribution in [0.5, 0.6) is 0 Å². The Kier molecular flexibility index (Phi) is 9.77. The molecule has 6 N–H and O–H groups in total. The molecule has 1 unspecified atom stereocenters. The number of amides is 2. The van der Waals surface area contributed by atoms with Crippen LogP contribution in [0.15, 0.2) is 67.0 Å². The van der Waals surface area contributed by atoms with Crippen molar-refractivity contribution in [1.29, 1.82) is 0 Å². The number of nitrogens with two attached hydrogens (primary N) is 2. The number of rotatable bonds is 6. The number of nitrogen functional groups attached to an aromatic ring is 1. The van der Waals surface area contributed by atoms with Crippen molar-refractivity contribution in [2.45, 2.75) is 6.04 Å². The molecule has 2 amide bonds. The molecule has 0 aliphatic rings. The summed E-state index contributed by atoms with van der Waals surface area (Å²) in [6.07, 6.45) is 3.17. The van der Waals surface area contributed by atoms with Crippen LogP contribution in [0.1, 0.15) is 31.8 Å². The Bertz CT molecular complexity index is 1650. The number of fused-ring (bicyclic) bond motifs is 1. The van der Waals surface area contributed by atoms with E-state index in [1.807, 2.05) is 24.3 Å². The molecule has 0 aliphatic carbocycles. The molecular weight excluding hydrogens is 555 g/mol. The smallest absolute Gasteiger partial charge is 0.322 e. The van der Waals surface area contributed by atoms with E-state index in [-0.39, 0.29) is 29.5 Å². The summed E-state index contributed by atoms with van der Waals surface area (Å²) in [6.45, 7) is -0.142. The highest BCUT2D eigenvalue weighted by Crippen LogP contribution is 2.25. The van der Waals surface area contributed by atoms with E-state index in [0.717, 1.165) is 5.56 Å². The van der Waals surface area contributed by atoms with Gasteiger partial charge in [0.2, 0.25) is 0 Å². The first-order valence-electron chi connectivity index (χ1n) is 11.6. The van der Waals surface area contributed by atoms with Gasteiger partial charge in [-0.15, -0.1) is 12.4 Å². The van der Waals surface area contributed by atoms with Crippen LogP contribution in [0, 0.1) is 11.8 Å². The normalized spacial score (nSPS) is 11.0. The number of carboxylic acid groups (broad SMARTS) is 1. The molecule has 4 aromatic rings. The number of aromatic nitrogens is 2. The van der Waals surface area contributed by atoms with E-state index < -0.39 is 23.8 Å². The second kappa shape index (κ2) is 13.0. The first-order chi connectivity index (χ1) is 18.7. The number of carbonyl (C=O) groups is 3. The van der Waals surface area contributed by atoms with E-state index in [0.29, 0.717) is 33.3 Å². The topological polar surface area (TPSA) is 165 Å². The molecule has 0 fully saturated rings. The van der Waals surface area contributed by atoms with Gasteiger partial charge in [0.25, 0.3) is 11.8 Å². The van der Waals surface area contributed by atoms with Gasteiger partial charge in [0.05, 0.1) is 21.8 Å². The summed E-state index contributed by atoms with van der Waals surface area (Å²) in [5, 5.41) is 9.81. The molecule has 1 atom stereocenters. The van der Waals surface area contributed by atoms with Crippen molar-refractivity contribution in [2.75, 3.05) is 13.6 Å². The summed E-state index contributed by atoms with van der Waals surface area (Å²) in [7, 11) is 1.47. The quantitative estimate of drug-likeness (QED) is 0.117. The maximum Gasteiger partial charge on any atom is 0.322 e. The zero-order chi connectivity index (χ0) is 28.1. The molecule has 2 aromatic heterocycles. The number of likely N-dealkylation sites (N-methyl/N-ethyl adjacent to an activating group) is 1. The average molecular weight is 579 g/mol. The molecule has 2 aromatic carbocycles. The van der Waals surface area contributed by atoms with Gasteiger partial charge >= 0.3 is 5.97 Å². The second-order valence-corrected chi connectivity index (χ2v) is 8.98. The number of hydrogen-bond acceptors (Lipinski definition) is 7. The molecule has 0 spiro atoms. The predicted octanol–water partition coefficient (Wildman–Crippen LogP) is 2.86. The molecule has 12 heteroatoms. The lowest BCUT2D eigenvalue weighted by Crippen LogP contribution is -2.43. The first-order valence-corrected chi connectivity index (χ1v) is 12.0. The van der Waals surface area contributed by atoms with Gasteiger partial charge in [0.1, 0.15) is 6.04 Å². The number of hydrogen-bond donors (Lipinski definition) is 4. The zero-order valence-electron chi connectivity index (χ0n) is 21.1. The largest absolute Gasteiger partial charge is 0.480 e. The maximum atomic E-state index is 12.6. The second-order valence-electron chi connectivity index (χ2n) is 8.57. The van der Waals surface area contributed by atoms with Crippen LogP contribution in [-0.2, 0) is 4.79 Å². The molecule has 4 rings (SSSR count). The van der Waals surface area contributed by atoms with Crippen molar-refractivity contribution in [3.8, 4) is 23.1 Å². The Morgan fingerprint density at radius 2 is 1.82 bits per heavy atom. The minimum atomic E-state index is -1.19. The van der Waals surface area contributed by atoms with Crippen LogP contribution < -0.4 is 17.0 Å². The van der Waals surface area contributed by atoms with Crippen LogP contribution in [0.4, 0.5) is 0 Å². The van der Waals surface area contributed by atoms with Gasteiger partial charge < -0.3 is 15.7 Å². The highest BCUT2D eigenvalue weighted by atomic mass is 35.5. The van der Waals surface area contributed by atoms with Gasteiger partial charge in [-0.05, 0) is 42.5 Å². The van der Waals surface area contributed by atoms with Gasteiger partial charge in [0.15, 0.2) is 0 Å². The Morgan fingerprint density at radius 1 is 1.10 bits per heavy atom. The van der Waals surface area contributed by atoms with E-state index in [1.165, 1.54) is 18.0 Å². The summed E-state index contributed by atoms with van der Waals surface area (Å²) in [6, 6.07) is 14.2. The van der Waals surface area contributed by atoms with Crippen molar-refractivity contribution in [3.05, 3.63) is 94.3 Å². The van der Waals surface area contributed by atoms with Crippen LogP contribution in [0.2, 0.25) is 5.02 Å². The zero-order valence-corrected chi connectivity index (χ0v) is 22.7. The monoisotopic (exact) mass is 578 g/mol. The third kappa shape index (κ3) is 6.72. The van der Waals surface area contributed by atoms with Gasteiger partial charge in [-0.1, -0.05) is 35.6 Å². The standard InChI is InChI=1S/C28H23ClN6O4.ClH/c1-35(15-23(30)28(38)39)27(37)19-9-8-17(22(29)12-19)5-2-16-3-6-18(7-4-16)25-13-20(26(36)34-31)21-14-32-11-10-24(21)33-25;/h3-4,6-14,23H,15,30-31H2,1H3,(H,34,36)(H,38,39);1H. The van der Waals surface area contributed by atoms with Gasteiger partial charge in [-0.25, -0.2) is 10.8 Å². The van der Waals surface area contributed by atoms with E-state index in [4.69, 9.17) is 28.3 Å². The fourth-order valence-corrected chi connectivity index (χ4v) is 4.00. The lowest BCUT2D eigenvalue weighted by atomic mass is 10.0. The van der Waals surface area contributed by atoms with Crippen molar-refractivity contribution in [2.24, 2.45) is 11.6 Å². The molecule has 10 nitrogen and oxygen atoms in total.